The van der Waals surface area contributed by atoms with E-state index < -0.39 is 72.0 Å². The summed E-state index contributed by atoms with van der Waals surface area (Å²) in [7, 11) is 0. The maximum absolute atomic E-state index is 14.1. The molecule has 2 amide bonds. The van der Waals surface area contributed by atoms with Crippen LogP contribution in [0.25, 0.3) is 0 Å². The number of carbonyl (C=O) groups excluding carboxylic acids is 2. The lowest BCUT2D eigenvalue weighted by Crippen LogP contribution is -2.47. The Balaban J connectivity index is 1.85. The van der Waals surface area contributed by atoms with Gasteiger partial charge in [0.15, 0.2) is 0 Å². The fourth-order valence-corrected chi connectivity index (χ4v) is 5.40. The average Bonchev–Trinajstić information content (AvgIpc) is 3.01. The van der Waals surface area contributed by atoms with E-state index in [1.807, 2.05) is 0 Å². The smallest absolute Gasteiger partial charge is 0.481 e. The number of anilines is 1. The molecular formula is C30H32F6N2O7. The Morgan fingerprint density at radius 1 is 0.978 bits per heavy atom. The second-order valence-electron chi connectivity index (χ2n) is 12.1. The van der Waals surface area contributed by atoms with E-state index in [0.717, 1.165) is 18.2 Å². The number of aliphatic carboxylic acids is 1. The molecule has 0 saturated carbocycles. The SMILES string of the molecule is CC(C)(C)CN1C(=O)C(CC(=O)N2CCCC(C(=O)O)C2)OC(c2ccccc2OC(F)(F)F)c2cc(OC(F)(F)F)ccc21. The Labute approximate surface area is 254 Å². The monoisotopic (exact) mass is 646 g/mol. The van der Waals surface area contributed by atoms with Gasteiger partial charge in [0.25, 0.3) is 5.91 Å². The molecule has 3 unspecified atom stereocenters. The molecule has 2 aliphatic heterocycles. The molecule has 4 rings (SSSR count). The summed E-state index contributed by atoms with van der Waals surface area (Å²) in [4.78, 5) is 41.6. The van der Waals surface area contributed by atoms with Crippen LogP contribution in [-0.4, -0.2) is 66.3 Å². The van der Waals surface area contributed by atoms with E-state index in [2.05, 4.69) is 9.47 Å². The van der Waals surface area contributed by atoms with Crippen molar-refractivity contribution in [2.45, 2.75) is 65.0 Å². The third kappa shape index (κ3) is 8.80. The number of ether oxygens (including phenoxy) is 3. The molecule has 0 radical (unpaired) electrons. The van der Waals surface area contributed by atoms with Crippen LogP contribution in [0, 0.1) is 11.3 Å². The third-order valence-electron chi connectivity index (χ3n) is 7.19. The van der Waals surface area contributed by atoms with Crippen molar-refractivity contribution in [3.05, 3.63) is 53.6 Å². The zero-order valence-electron chi connectivity index (χ0n) is 24.6. The molecule has 2 aromatic carbocycles. The van der Waals surface area contributed by atoms with Crippen LogP contribution in [0.2, 0.25) is 0 Å². The van der Waals surface area contributed by atoms with Crippen LogP contribution in [0.4, 0.5) is 32.0 Å². The lowest BCUT2D eigenvalue weighted by molar-refractivity contribution is -0.276. The Morgan fingerprint density at radius 2 is 1.64 bits per heavy atom. The van der Waals surface area contributed by atoms with Gasteiger partial charge in [0.05, 0.1) is 18.0 Å². The first kappa shape index (κ1) is 33.9. The second kappa shape index (κ2) is 12.8. The van der Waals surface area contributed by atoms with Gasteiger partial charge in [-0.1, -0.05) is 39.0 Å². The van der Waals surface area contributed by atoms with Crippen molar-refractivity contribution in [2.24, 2.45) is 11.3 Å². The molecule has 1 saturated heterocycles. The van der Waals surface area contributed by atoms with E-state index in [1.54, 1.807) is 20.8 Å². The van der Waals surface area contributed by atoms with E-state index in [1.165, 1.54) is 34.1 Å². The van der Waals surface area contributed by atoms with Crippen LogP contribution in [0.1, 0.15) is 57.3 Å². The highest BCUT2D eigenvalue weighted by Gasteiger charge is 2.43. The Morgan fingerprint density at radius 3 is 2.27 bits per heavy atom. The van der Waals surface area contributed by atoms with E-state index in [-0.39, 0.29) is 36.4 Å². The van der Waals surface area contributed by atoms with Crippen LogP contribution >= 0.6 is 0 Å². The molecule has 2 aromatic rings. The summed E-state index contributed by atoms with van der Waals surface area (Å²) in [5.41, 5.74) is -0.963. The zero-order chi connectivity index (χ0) is 33.3. The fraction of sp³-hybridized carbons (Fsp3) is 0.500. The van der Waals surface area contributed by atoms with Crippen molar-refractivity contribution in [2.75, 3.05) is 24.5 Å². The molecule has 2 heterocycles. The quantitative estimate of drug-likeness (QED) is 0.365. The number of carbonyl (C=O) groups is 3. The van der Waals surface area contributed by atoms with Crippen molar-refractivity contribution >= 4 is 23.5 Å². The zero-order valence-corrected chi connectivity index (χ0v) is 24.6. The number of halogens is 6. The molecular weight excluding hydrogens is 614 g/mol. The molecule has 3 atom stereocenters. The molecule has 15 heteroatoms. The van der Waals surface area contributed by atoms with E-state index in [4.69, 9.17) is 4.74 Å². The maximum Gasteiger partial charge on any atom is 0.573 e. The van der Waals surface area contributed by atoms with Crippen LogP contribution in [-0.2, 0) is 19.1 Å². The predicted molar refractivity (Wildman–Crippen MR) is 146 cm³/mol. The van der Waals surface area contributed by atoms with Crippen molar-refractivity contribution in [3.63, 3.8) is 0 Å². The minimum Gasteiger partial charge on any atom is -0.481 e. The minimum absolute atomic E-state index is 0.00935. The summed E-state index contributed by atoms with van der Waals surface area (Å²) in [6.45, 7) is 5.47. The highest BCUT2D eigenvalue weighted by molar-refractivity contribution is 6.00. The van der Waals surface area contributed by atoms with Gasteiger partial charge in [0, 0.05) is 30.8 Å². The van der Waals surface area contributed by atoms with Crippen molar-refractivity contribution in [1.82, 2.24) is 4.90 Å². The number of hydrogen-bond acceptors (Lipinski definition) is 6. The van der Waals surface area contributed by atoms with E-state index >= 15 is 0 Å². The number of amides is 2. The molecule has 1 fully saturated rings. The summed E-state index contributed by atoms with van der Waals surface area (Å²) in [6, 6.07) is 7.87. The number of piperidine rings is 1. The van der Waals surface area contributed by atoms with Crippen LogP contribution in [0.5, 0.6) is 11.5 Å². The number of alkyl halides is 6. The van der Waals surface area contributed by atoms with E-state index in [9.17, 15) is 45.8 Å². The number of nitrogens with zero attached hydrogens (tertiary/aromatic N) is 2. The lowest BCUT2D eigenvalue weighted by atomic mass is 9.94. The number of benzene rings is 2. The second-order valence-corrected chi connectivity index (χ2v) is 12.1. The largest absolute Gasteiger partial charge is 0.573 e. The first-order valence-corrected chi connectivity index (χ1v) is 14.0. The molecule has 246 valence electrons. The highest BCUT2D eigenvalue weighted by atomic mass is 19.4. The lowest BCUT2D eigenvalue weighted by Gasteiger charge is -2.33. The fourth-order valence-electron chi connectivity index (χ4n) is 5.40. The summed E-state index contributed by atoms with van der Waals surface area (Å²) in [6.07, 6.45) is -13.4. The minimum atomic E-state index is -5.15. The highest BCUT2D eigenvalue weighted by Crippen LogP contribution is 2.45. The Hall–Kier alpha value is -4.01. The number of para-hydroxylation sites is 1. The molecule has 0 aliphatic carbocycles. The van der Waals surface area contributed by atoms with Gasteiger partial charge in [-0.2, -0.15) is 0 Å². The van der Waals surface area contributed by atoms with Crippen molar-refractivity contribution in [3.8, 4) is 11.5 Å². The summed E-state index contributed by atoms with van der Waals surface area (Å²) in [5.74, 6) is -4.73. The van der Waals surface area contributed by atoms with Gasteiger partial charge in [-0.15, -0.1) is 26.3 Å². The molecule has 0 aromatic heterocycles. The van der Waals surface area contributed by atoms with Crippen molar-refractivity contribution in [1.29, 1.82) is 0 Å². The van der Waals surface area contributed by atoms with Crippen molar-refractivity contribution < 1.29 is 60.0 Å². The van der Waals surface area contributed by atoms with E-state index in [0.29, 0.717) is 12.8 Å². The maximum atomic E-state index is 14.1. The first-order chi connectivity index (χ1) is 20.8. The van der Waals surface area contributed by atoms with Gasteiger partial charge >= 0.3 is 18.7 Å². The van der Waals surface area contributed by atoms with Crippen LogP contribution in [0.3, 0.4) is 0 Å². The average molecular weight is 647 g/mol. The molecule has 45 heavy (non-hydrogen) atoms. The number of rotatable bonds is 7. The normalized spacial score (nSPS) is 21.2. The van der Waals surface area contributed by atoms with Crippen LogP contribution < -0.4 is 14.4 Å². The molecule has 0 spiro atoms. The topological polar surface area (TPSA) is 106 Å². The van der Waals surface area contributed by atoms with Gasteiger partial charge in [-0.3, -0.25) is 14.4 Å². The Kier molecular flexibility index (Phi) is 9.61. The summed E-state index contributed by atoms with van der Waals surface area (Å²) in [5, 5.41) is 9.45. The third-order valence-corrected chi connectivity index (χ3v) is 7.19. The van der Waals surface area contributed by atoms with Gasteiger partial charge in [-0.05, 0) is 42.5 Å². The van der Waals surface area contributed by atoms with Gasteiger partial charge in [-0.25, -0.2) is 0 Å². The number of carboxylic acids is 1. The molecule has 2 aliphatic rings. The van der Waals surface area contributed by atoms with Crippen LogP contribution in [0.15, 0.2) is 42.5 Å². The standard InChI is InChI=1S/C30H32F6N2O7/c1-28(2,3)16-38-21-11-10-18(44-29(31,32)33)13-20(21)25(19-8-4-5-9-22(19)45-30(34,35)36)43-23(26(38)40)14-24(39)37-12-6-7-17(15-37)27(41)42/h4-5,8-11,13,17,23,25H,6-7,12,14-16H2,1-3H3,(H,41,42). The molecule has 1 N–H and O–H groups in total. The predicted octanol–water partition coefficient (Wildman–Crippen LogP) is 6.06. The number of hydrogen-bond donors (Lipinski definition) is 1. The van der Waals surface area contributed by atoms with Gasteiger partial charge in [0.2, 0.25) is 5.91 Å². The molecule has 0 bridgehead atoms. The number of likely N-dealkylation sites (tertiary alicyclic amines) is 1. The summed E-state index contributed by atoms with van der Waals surface area (Å²) < 4.78 is 94.2. The molecule has 9 nitrogen and oxygen atoms in total. The van der Waals surface area contributed by atoms with Gasteiger partial charge < -0.3 is 29.1 Å². The number of fused-ring (bicyclic) bond motifs is 1. The van der Waals surface area contributed by atoms with Gasteiger partial charge in [0.1, 0.15) is 23.7 Å². The Bertz CT molecular complexity index is 1420. The number of carboxylic acid groups (broad SMARTS) is 1. The summed E-state index contributed by atoms with van der Waals surface area (Å²) >= 11 is 0. The first-order valence-electron chi connectivity index (χ1n) is 14.0.